The van der Waals surface area contributed by atoms with Crippen molar-refractivity contribution in [3.8, 4) is 5.75 Å². The Balaban J connectivity index is 2.15. The average Bonchev–Trinajstić information content (AvgIpc) is 2.47. The Labute approximate surface area is 91.6 Å². The van der Waals surface area contributed by atoms with Crippen molar-refractivity contribution in [3.63, 3.8) is 0 Å². The number of nitrogens with one attached hydrogen (secondary N) is 1. The lowest BCUT2D eigenvalue weighted by Crippen LogP contribution is -2.24. The van der Waals surface area contributed by atoms with E-state index in [4.69, 9.17) is 4.74 Å². The molecule has 2 heteroatoms. The molecule has 0 saturated heterocycles. The second-order valence-electron chi connectivity index (χ2n) is 4.83. The fourth-order valence-electron chi connectivity index (χ4n) is 2.09. The molecule has 1 aromatic rings. The summed E-state index contributed by atoms with van der Waals surface area (Å²) in [6, 6.07) is 6.55. The molecule has 1 aliphatic heterocycles. The summed E-state index contributed by atoms with van der Waals surface area (Å²) in [5, 5.41) is 3.17. The van der Waals surface area contributed by atoms with Crippen molar-refractivity contribution in [1.82, 2.24) is 5.32 Å². The highest BCUT2D eigenvalue weighted by Crippen LogP contribution is 2.35. The lowest BCUT2D eigenvalue weighted by atomic mass is 9.99. The minimum Gasteiger partial charge on any atom is -0.487 e. The Morgan fingerprint density at radius 1 is 1.40 bits per heavy atom. The number of benzene rings is 1. The SMILES string of the molecule is CNCCc1ccc2c(c1)CC(C)(C)O2. The molecule has 0 amide bonds. The molecule has 0 aliphatic carbocycles. The molecule has 2 nitrogen and oxygen atoms in total. The van der Waals surface area contributed by atoms with E-state index < -0.39 is 0 Å². The maximum Gasteiger partial charge on any atom is 0.123 e. The second-order valence-corrected chi connectivity index (χ2v) is 4.83. The normalized spacial score (nSPS) is 17.3. The first-order valence-corrected chi connectivity index (χ1v) is 5.56. The number of hydrogen-bond donors (Lipinski definition) is 1. The van der Waals surface area contributed by atoms with Gasteiger partial charge >= 0.3 is 0 Å². The number of rotatable bonds is 3. The van der Waals surface area contributed by atoms with Gasteiger partial charge in [0, 0.05) is 6.42 Å². The van der Waals surface area contributed by atoms with Gasteiger partial charge in [-0.05, 0) is 51.1 Å². The molecule has 0 unspecified atom stereocenters. The van der Waals surface area contributed by atoms with E-state index in [1.165, 1.54) is 11.1 Å². The van der Waals surface area contributed by atoms with Gasteiger partial charge in [0.1, 0.15) is 11.4 Å². The number of likely N-dealkylation sites (N-methyl/N-ethyl adjacent to an activating group) is 1. The zero-order valence-corrected chi connectivity index (χ0v) is 9.76. The molecule has 0 aromatic heterocycles. The van der Waals surface area contributed by atoms with Crippen LogP contribution in [0.15, 0.2) is 18.2 Å². The maximum atomic E-state index is 5.84. The van der Waals surface area contributed by atoms with E-state index in [1.807, 2.05) is 7.05 Å². The summed E-state index contributed by atoms with van der Waals surface area (Å²) in [7, 11) is 1.99. The molecule has 0 spiro atoms. The van der Waals surface area contributed by atoms with Gasteiger partial charge in [0.05, 0.1) is 0 Å². The summed E-state index contributed by atoms with van der Waals surface area (Å²) >= 11 is 0. The smallest absolute Gasteiger partial charge is 0.123 e. The molecular formula is C13H19NO. The first kappa shape index (κ1) is 10.5. The van der Waals surface area contributed by atoms with E-state index in [0.29, 0.717) is 0 Å². The maximum absolute atomic E-state index is 5.84. The number of fused-ring (bicyclic) bond motifs is 1. The van der Waals surface area contributed by atoms with Crippen LogP contribution in [0.5, 0.6) is 5.75 Å². The van der Waals surface area contributed by atoms with E-state index in [2.05, 4.69) is 37.4 Å². The molecule has 2 rings (SSSR count). The summed E-state index contributed by atoms with van der Waals surface area (Å²) in [6.45, 7) is 5.31. The Bertz CT molecular complexity index is 358. The summed E-state index contributed by atoms with van der Waals surface area (Å²) in [6.07, 6.45) is 2.11. The van der Waals surface area contributed by atoms with E-state index in [0.717, 1.165) is 25.1 Å². The Kier molecular flexibility index (Phi) is 2.70. The second kappa shape index (κ2) is 3.86. The largest absolute Gasteiger partial charge is 0.487 e. The first-order chi connectivity index (χ1) is 7.11. The van der Waals surface area contributed by atoms with Gasteiger partial charge in [-0.15, -0.1) is 0 Å². The lowest BCUT2D eigenvalue weighted by Gasteiger charge is -2.16. The van der Waals surface area contributed by atoms with Gasteiger partial charge < -0.3 is 10.1 Å². The van der Waals surface area contributed by atoms with Crippen LogP contribution in [0.3, 0.4) is 0 Å². The third-order valence-corrected chi connectivity index (χ3v) is 2.79. The summed E-state index contributed by atoms with van der Waals surface area (Å²) in [5.41, 5.74) is 2.72. The number of ether oxygens (including phenoxy) is 1. The van der Waals surface area contributed by atoms with Gasteiger partial charge in [0.25, 0.3) is 0 Å². The Hall–Kier alpha value is -1.02. The first-order valence-electron chi connectivity index (χ1n) is 5.56. The van der Waals surface area contributed by atoms with Crippen molar-refractivity contribution >= 4 is 0 Å². The van der Waals surface area contributed by atoms with Crippen LogP contribution in [-0.4, -0.2) is 19.2 Å². The molecule has 0 bridgehead atoms. The predicted molar refractivity (Wildman–Crippen MR) is 62.5 cm³/mol. The highest BCUT2D eigenvalue weighted by Gasteiger charge is 2.29. The van der Waals surface area contributed by atoms with Crippen LogP contribution in [-0.2, 0) is 12.8 Å². The van der Waals surface area contributed by atoms with E-state index in [9.17, 15) is 0 Å². The van der Waals surface area contributed by atoms with Crippen LogP contribution in [0, 0.1) is 0 Å². The molecule has 1 aromatic carbocycles. The highest BCUT2D eigenvalue weighted by molar-refractivity contribution is 5.41. The lowest BCUT2D eigenvalue weighted by molar-refractivity contribution is 0.138. The van der Waals surface area contributed by atoms with Gasteiger partial charge in [-0.2, -0.15) is 0 Å². The van der Waals surface area contributed by atoms with Crippen molar-refractivity contribution < 1.29 is 4.74 Å². The van der Waals surface area contributed by atoms with Crippen LogP contribution in [0.2, 0.25) is 0 Å². The Morgan fingerprint density at radius 3 is 2.93 bits per heavy atom. The van der Waals surface area contributed by atoms with Gasteiger partial charge in [-0.3, -0.25) is 0 Å². The van der Waals surface area contributed by atoms with Crippen molar-refractivity contribution in [3.05, 3.63) is 29.3 Å². The topological polar surface area (TPSA) is 21.3 Å². The van der Waals surface area contributed by atoms with Crippen molar-refractivity contribution in [2.24, 2.45) is 0 Å². The van der Waals surface area contributed by atoms with Crippen LogP contribution in [0.25, 0.3) is 0 Å². The predicted octanol–water partition coefficient (Wildman–Crippen LogP) is 2.16. The van der Waals surface area contributed by atoms with Crippen molar-refractivity contribution in [2.45, 2.75) is 32.3 Å². The molecule has 15 heavy (non-hydrogen) atoms. The van der Waals surface area contributed by atoms with Gasteiger partial charge in [-0.1, -0.05) is 12.1 Å². The van der Waals surface area contributed by atoms with Crippen LogP contribution < -0.4 is 10.1 Å². The zero-order valence-electron chi connectivity index (χ0n) is 9.76. The molecule has 0 saturated carbocycles. The minimum absolute atomic E-state index is 0.0238. The van der Waals surface area contributed by atoms with Gasteiger partial charge in [-0.25, -0.2) is 0 Å². The van der Waals surface area contributed by atoms with Gasteiger partial charge in [0.2, 0.25) is 0 Å². The summed E-state index contributed by atoms with van der Waals surface area (Å²) < 4.78 is 5.84. The minimum atomic E-state index is -0.0238. The standard InChI is InChI=1S/C13H19NO/c1-13(2)9-11-8-10(6-7-14-3)4-5-12(11)15-13/h4-5,8,14H,6-7,9H2,1-3H3. The quantitative estimate of drug-likeness (QED) is 0.816. The van der Waals surface area contributed by atoms with Gasteiger partial charge in [0.15, 0.2) is 0 Å². The fraction of sp³-hybridized carbons (Fsp3) is 0.538. The third-order valence-electron chi connectivity index (χ3n) is 2.79. The zero-order chi connectivity index (χ0) is 10.9. The number of hydrogen-bond acceptors (Lipinski definition) is 2. The van der Waals surface area contributed by atoms with E-state index in [1.54, 1.807) is 0 Å². The molecule has 0 atom stereocenters. The van der Waals surface area contributed by atoms with Crippen LogP contribution in [0.4, 0.5) is 0 Å². The average molecular weight is 205 g/mol. The molecular weight excluding hydrogens is 186 g/mol. The van der Waals surface area contributed by atoms with E-state index in [-0.39, 0.29) is 5.60 Å². The van der Waals surface area contributed by atoms with E-state index >= 15 is 0 Å². The fourth-order valence-corrected chi connectivity index (χ4v) is 2.09. The van der Waals surface area contributed by atoms with Crippen molar-refractivity contribution in [2.75, 3.05) is 13.6 Å². The Morgan fingerprint density at radius 2 is 2.20 bits per heavy atom. The highest BCUT2D eigenvalue weighted by atomic mass is 16.5. The third kappa shape index (κ3) is 2.32. The molecule has 0 radical (unpaired) electrons. The van der Waals surface area contributed by atoms with Crippen LogP contribution in [0.1, 0.15) is 25.0 Å². The summed E-state index contributed by atoms with van der Waals surface area (Å²) in [5.74, 6) is 1.06. The molecule has 0 fully saturated rings. The van der Waals surface area contributed by atoms with Crippen LogP contribution >= 0.6 is 0 Å². The molecule has 1 N–H and O–H groups in total. The molecule has 1 aliphatic rings. The summed E-state index contributed by atoms with van der Waals surface area (Å²) in [4.78, 5) is 0. The monoisotopic (exact) mass is 205 g/mol. The molecule has 1 heterocycles. The molecule has 82 valence electrons. The van der Waals surface area contributed by atoms with Crippen molar-refractivity contribution in [1.29, 1.82) is 0 Å².